The van der Waals surface area contributed by atoms with Gasteiger partial charge in [-0.3, -0.25) is 10.1 Å². The highest BCUT2D eigenvalue weighted by Crippen LogP contribution is 2.07. The molecule has 0 unspecified atom stereocenters. The van der Waals surface area contributed by atoms with Crippen LogP contribution in [0.25, 0.3) is 0 Å². The molecule has 13 heavy (non-hydrogen) atoms. The van der Waals surface area contributed by atoms with Gasteiger partial charge in [-0.1, -0.05) is 12.1 Å². The average molecular weight is 183 g/mol. The van der Waals surface area contributed by atoms with Gasteiger partial charge in [0.05, 0.1) is 12.2 Å². The molecule has 0 spiro atoms. The Kier molecular flexibility index (Phi) is 3.45. The number of rotatable bonds is 4. The van der Waals surface area contributed by atoms with Gasteiger partial charge in [0.15, 0.2) is 0 Å². The van der Waals surface area contributed by atoms with Crippen LogP contribution in [0.2, 0.25) is 0 Å². The Morgan fingerprint density at radius 2 is 2.46 bits per heavy atom. The van der Waals surface area contributed by atoms with Gasteiger partial charge < -0.3 is 9.84 Å². The first-order valence-corrected chi connectivity index (χ1v) is 4.16. The molecule has 0 bridgehead atoms. The van der Waals surface area contributed by atoms with Crippen LogP contribution >= 0.6 is 0 Å². The first-order chi connectivity index (χ1) is 6.22. The van der Waals surface area contributed by atoms with Gasteiger partial charge in [0.1, 0.15) is 0 Å². The Labute approximate surface area is 76.5 Å². The van der Waals surface area contributed by atoms with Crippen molar-refractivity contribution in [1.29, 1.82) is 0 Å². The van der Waals surface area contributed by atoms with E-state index < -0.39 is 0 Å². The lowest BCUT2D eigenvalue weighted by Crippen LogP contribution is -2.27. The van der Waals surface area contributed by atoms with Gasteiger partial charge in [-0.15, -0.1) is 0 Å². The molecule has 1 rings (SSSR count). The fourth-order valence-electron chi connectivity index (χ4n) is 0.843. The number of carbonyl (C=O) groups is 1. The SMILES string of the molecule is CCNCC(=O)Nc1cc(C)no1. The highest BCUT2D eigenvalue weighted by molar-refractivity contribution is 5.90. The van der Waals surface area contributed by atoms with Gasteiger partial charge in [-0.2, -0.15) is 0 Å². The minimum Gasteiger partial charge on any atom is -0.338 e. The second kappa shape index (κ2) is 4.61. The van der Waals surface area contributed by atoms with E-state index in [9.17, 15) is 4.79 Å². The minimum absolute atomic E-state index is 0.127. The summed E-state index contributed by atoms with van der Waals surface area (Å²) in [5.74, 6) is 0.262. The van der Waals surface area contributed by atoms with Gasteiger partial charge in [0.2, 0.25) is 11.8 Å². The molecule has 0 saturated heterocycles. The van der Waals surface area contributed by atoms with Crippen molar-refractivity contribution in [3.63, 3.8) is 0 Å². The molecule has 0 aliphatic rings. The van der Waals surface area contributed by atoms with Crippen molar-refractivity contribution >= 4 is 11.8 Å². The molecule has 0 fully saturated rings. The predicted molar refractivity (Wildman–Crippen MR) is 48.4 cm³/mol. The first-order valence-electron chi connectivity index (χ1n) is 4.16. The van der Waals surface area contributed by atoms with E-state index in [-0.39, 0.29) is 12.5 Å². The van der Waals surface area contributed by atoms with E-state index in [2.05, 4.69) is 15.8 Å². The van der Waals surface area contributed by atoms with Crippen molar-refractivity contribution in [3.8, 4) is 0 Å². The fraction of sp³-hybridized carbons (Fsp3) is 0.500. The van der Waals surface area contributed by atoms with Crippen LogP contribution in [0.15, 0.2) is 10.6 Å². The number of aryl methyl sites for hydroxylation is 1. The third-order valence-corrected chi connectivity index (χ3v) is 1.43. The van der Waals surface area contributed by atoms with Gasteiger partial charge in [-0.25, -0.2) is 0 Å². The van der Waals surface area contributed by atoms with Crippen molar-refractivity contribution in [2.75, 3.05) is 18.4 Å². The Hall–Kier alpha value is -1.36. The number of nitrogens with one attached hydrogen (secondary N) is 2. The number of nitrogens with zero attached hydrogens (tertiary/aromatic N) is 1. The summed E-state index contributed by atoms with van der Waals surface area (Å²) in [4.78, 5) is 11.1. The van der Waals surface area contributed by atoms with Crippen molar-refractivity contribution in [2.45, 2.75) is 13.8 Å². The van der Waals surface area contributed by atoms with Gasteiger partial charge in [-0.05, 0) is 13.5 Å². The van der Waals surface area contributed by atoms with E-state index in [1.54, 1.807) is 13.0 Å². The van der Waals surface area contributed by atoms with Crippen molar-refractivity contribution < 1.29 is 9.32 Å². The average Bonchev–Trinajstić information content (AvgIpc) is 2.48. The Morgan fingerprint density at radius 1 is 1.69 bits per heavy atom. The molecule has 5 nitrogen and oxygen atoms in total. The number of amides is 1. The maximum absolute atomic E-state index is 11.1. The zero-order chi connectivity index (χ0) is 9.68. The van der Waals surface area contributed by atoms with Crippen molar-refractivity contribution in [1.82, 2.24) is 10.5 Å². The molecule has 0 aliphatic carbocycles. The van der Waals surface area contributed by atoms with Crippen molar-refractivity contribution in [3.05, 3.63) is 11.8 Å². The fourth-order valence-corrected chi connectivity index (χ4v) is 0.843. The Balaban J connectivity index is 2.36. The van der Waals surface area contributed by atoms with Gasteiger partial charge in [0, 0.05) is 6.07 Å². The molecule has 0 saturated carbocycles. The molecule has 2 N–H and O–H groups in total. The molecule has 0 aliphatic heterocycles. The van der Waals surface area contributed by atoms with Crippen LogP contribution in [0, 0.1) is 6.92 Å². The summed E-state index contributed by atoms with van der Waals surface area (Å²) in [7, 11) is 0. The van der Waals surface area contributed by atoms with E-state index in [0.717, 1.165) is 12.2 Å². The molecule has 1 aromatic rings. The molecule has 1 heterocycles. The van der Waals surface area contributed by atoms with Gasteiger partial charge in [0.25, 0.3) is 0 Å². The largest absolute Gasteiger partial charge is 0.338 e. The third kappa shape index (κ3) is 3.25. The lowest BCUT2D eigenvalue weighted by atomic mass is 10.4. The highest BCUT2D eigenvalue weighted by atomic mass is 16.5. The van der Waals surface area contributed by atoms with Crippen LogP contribution in [0.5, 0.6) is 0 Å². The second-order valence-corrected chi connectivity index (χ2v) is 2.66. The van der Waals surface area contributed by atoms with Crippen LogP contribution in [0.4, 0.5) is 5.88 Å². The lowest BCUT2D eigenvalue weighted by Gasteiger charge is -2.00. The van der Waals surface area contributed by atoms with Crippen LogP contribution in [-0.2, 0) is 4.79 Å². The predicted octanol–water partition coefficient (Wildman–Crippen LogP) is 0.531. The minimum atomic E-state index is -0.127. The number of carbonyl (C=O) groups excluding carboxylic acids is 1. The number of hydrogen-bond donors (Lipinski definition) is 2. The van der Waals surface area contributed by atoms with E-state index in [1.165, 1.54) is 0 Å². The summed E-state index contributed by atoms with van der Waals surface area (Å²) < 4.78 is 4.81. The van der Waals surface area contributed by atoms with E-state index in [0.29, 0.717) is 5.88 Å². The standard InChI is InChI=1S/C8H13N3O2/c1-3-9-5-7(12)10-8-4-6(2)11-13-8/h4,9H,3,5H2,1-2H3,(H,10,12). The first kappa shape index (κ1) is 9.73. The zero-order valence-corrected chi connectivity index (χ0v) is 7.76. The van der Waals surface area contributed by atoms with E-state index in [1.807, 2.05) is 6.92 Å². The molecule has 0 atom stereocenters. The van der Waals surface area contributed by atoms with Crippen LogP contribution in [-0.4, -0.2) is 24.2 Å². The molecular formula is C8H13N3O2. The summed E-state index contributed by atoms with van der Waals surface area (Å²) >= 11 is 0. The Bertz CT molecular complexity index is 283. The monoisotopic (exact) mass is 183 g/mol. The van der Waals surface area contributed by atoms with E-state index >= 15 is 0 Å². The highest BCUT2D eigenvalue weighted by Gasteiger charge is 2.04. The quantitative estimate of drug-likeness (QED) is 0.714. The number of anilines is 1. The van der Waals surface area contributed by atoms with Gasteiger partial charge >= 0.3 is 0 Å². The Morgan fingerprint density at radius 3 is 3.00 bits per heavy atom. The maximum Gasteiger partial charge on any atom is 0.240 e. The second-order valence-electron chi connectivity index (χ2n) is 2.66. The number of likely N-dealkylation sites (N-methyl/N-ethyl adjacent to an activating group) is 1. The lowest BCUT2D eigenvalue weighted by molar-refractivity contribution is -0.115. The molecule has 0 aromatic carbocycles. The summed E-state index contributed by atoms with van der Waals surface area (Å²) in [6, 6.07) is 1.67. The van der Waals surface area contributed by atoms with Crippen LogP contribution in [0.3, 0.4) is 0 Å². The summed E-state index contributed by atoms with van der Waals surface area (Å²) in [6.45, 7) is 4.79. The molecule has 5 heteroatoms. The molecule has 72 valence electrons. The molecule has 1 aromatic heterocycles. The smallest absolute Gasteiger partial charge is 0.240 e. The van der Waals surface area contributed by atoms with Crippen LogP contribution < -0.4 is 10.6 Å². The normalized spacial score (nSPS) is 10.0. The van der Waals surface area contributed by atoms with Crippen molar-refractivity contribution in [2.24, 2.45) is 0 Å². The summed E-state index contributed by atoms with van der Waals surface area (Å²) in [5.41, 5.74) is 0.749. The number of aromatic nitrogens is 1. The zero-order valence-electron chi connectivity index (χ0n) is 7.76. The molecular weight excluding hydrogens is 170 g/mol. The maximum atomic E-state index is 11.1. The van der Waals surface area contributed by atoms with Crippen LogP contribution in [0.1, 0.15) is 12.6 Å². The van der Waals surface area contributed by atoms with E-state index in [4.69, 9.17) is 4.52 Å². The summed E-state index contributed by atoms with van der Waals surface area (Å²) in [5, 5.41) is 9.11. The summed E-state index contributed by atoms with van der Waals surface area (Å²) in [6.07, 6.45) is 0. The third-order valence-electron chi connectivity index (χ3n) is 1.43. The molecule has 1 amide bonds. The topological polar surface area (TPSA) is 67.2 Å². The molecule has 0 radical (unpaired) electrons. The number of hydrogen-bond acceptors (Lipinski definition) is 4.